The number of aromatic nitrogens is 1. The number of rotatable bonds is 2. The van der Waals surface area contributed by atoms with Crippen LogP contribution in [0.4, 0.5) is 11.4 Å². The summed E-state index contributed by atoms with van der Waals surface area (Å²) in [7, 11) is 0. The van der Waals surface area contributed by atoms with E-state index >= 15 is 0 Å². The zero-order chi connectivity index (χ0) is 15.9. The maximum absolute atomic E-state index is 5.76. The van der Waals surface area contributed by atoms with Crippen LogP contribution in [0.3, 0.4) is 0 Å². The Labute approximate surface area is 136 Å². The first-order chi connectivity index (χ1) is 11.1. The van der Waals surface area contributed by atoms with Crippen LogP contribution in [0, 0.1) is 0 Å². The summed E-state index contributed by atoms with van der Waals surface area (Å²) in [5.41, 5.74) is 3.43. The molecule has 0 spiro atoms. The molecule has 3 heterocycles. The van der Waals surface area contributed by atoms with Gasteiger partial charge in [-0.25, -0.2) is 0 Å². The fourth-order valence-electron chi connectivity index (χ4n) is 3.15. The molecule has 0 saturated carbocycles. The van der Waals surface area contributed by atoms with Crippen molar-refractivity contribution in [1.29, 1.82) is 0 Å². The molecule has 2 aromatic rings. The maximum Gasteiger partial charge on any atom is 0.163 e. The molecule has 0 atom stereocenters. The van der Waals surface area contributed by atoms with Gasteiger partial charge in [-0.3, -0.25) is 4.98 Å². The zero-order valence-corrected chi connectivity index (χ0v) is 13.5. The van der Waals surface area contributed by atoms with Gasteiger partial charge in [0, 0.05) is 37.6 Å². The van der Waals surface area contributed by atoms with Crippen LogP contribution in [0.25, 0.3) is 0 Å². The van der Waals surface area contributed by atoms with E-state index in [1.54, 1.807) is 0 Å². The lowest BCUT2D eigenvalue weighted by Gasteiger charge is -2.46. The molecule has 0 fully saturated rings. The quantitative estimate of drug-likeness (QED) is 0.923. The van der Waals surface area contributed by atoms with Crippen LogP contribution in [0.1, 0.15) is 19.4 Å². The smallest absolute Gasteiger partial charge is 0.163 e. The predicted octanol–water partition coefficient (Wildman–Crippen LogP) is 3.06. The summed E-state index contributed by atoms with van der Waals surface area (Å²) in [6.07, 6.45) is 3.73. The third-order valence-electron chi connectivity index (χ3n) is 4.46. The fourth-order valence-corrected chi connectivity index (χ4v) is 3.15. The van der Waals surface area contributed by atoms with Crippen molar-refractivity contribution in [3.63, 3.8) is 0 Å². The topological polar surface area (TPSA) is 46.6 Å². The molecule has 0 amide bonds. The van der Waals surface area contributed by atoms with Gasteiger partial charge in [-0.1, -0.05) is 6.07 Å². The van der Waals surface area contributed by atoms with Crippen molar-refractivity contribution in [3.05, 3.63) is 42.2 Å². The van der Waals surface area contributed by atoms with Crippen LogP contribution in [-0.2, 0) is 6.54 Å². The number of nitrogens with zero attached hydrogens (tertiary/aromatic N) is 2. The number of hydrogen-bond donors (Lipinski definition) is 1. The Bertz CT molecular complexity index is 716. The Hall–Kier alpha value is -2.43. The highest BCUT2D eigenvalue weighted by atomic mass is 16.6. The minimum Gasteiger partial charge on any atom is -0.486 e. The highest BCUT2D eigenvalue weighted by Gasteiger charge is 2.34. The van der Waals surface area contributed by atoms with Gasteiger partial charge in [0.2, 0.25) is 0 Å². The van der Waals surface area contributed by atoms with Gasteiger partial charge in [-0.15, -0.1) is 0 Å². The maximum atomic E-state index is 5.76. The van der Waals surface area contributed by atoms with E-state index in [1.807, 2.05) is 18.5 Å². The SMILES string of the molecule is CC1(C)CNc2cc3c(cc2N1Cc1cccnc1)OCCO3. The number of nitrogens with one attached hydrogen (secondary N) is 1. The van der Waals surface area contributed by atoms with Crippen LogP contribution in [0.5, 0.6) is 11.5 Å². The molecule has 4 rings (SSSR count). The number of fused-ring (bicyclic) bond motifs is 2. The Morgan fingerprint density at radius 3 is 2.74 bits per heavy atom. The molecular formula is C18H21N3O2. The van der Waals surface area contributed by atoms with Gasteiger partial charge in [-0.05, 0) is 25.5 Å². The first kappa shape index (κ1) is 14.2. The zero-order valence-electron chi connectivity index (χ0n) is 13.5. The molecule has 0 unspecified atom stereocenters. The summed E-state index contributed by atoms with van der Waals surface area (Å²) < 4.78 is 11.5. The second-order valence-corrected chi connectivity index (χ2v) is 6.63. The summed E-state index contributed by atoms with van der Waals surface area (Å²) in [5, 5.41) is 3.53. The summed E-state index contributed by atoms with van der Waals surface area (Å²) in [4.78, 5) is 6.65. The number of hydrogen-bond acceptors (Lipinski definition) is 5. The van der Waals surface area contributed by atoms with Crippen LogP contribution >= 0.6 is 0 Å². The largest absolute Gasteiger partial charge is 0.486 e. The van der Waals surface area contributed by atoms with Crippen molar-refractivity contribution in [2.75, 3.05) is 30.0 Å². The van der Waals surface area contributed by atoms with Gasteiger partial charge < -0.3 is 19.7 Å². The van der Waals surface area contributed by atoms with Gasteiger partial charge in [0.1, 0.15) is 13.2 Å². The average molecular weight is 311 g/mol. The van der Waals surface area contributed by atoms with E-state index in [4.69, 9.17) is 9.47 Å². The Balaban J connectivity index is 1.75. The molecule has 23 heavy (non-hydrogen) atoms. The van der Waals surface area contributed by atoms with Crippen LogP contribution < -0.4 is 19.7 Å². The lowest BCUT2D eigenvalue weighted by molar-refractivity contribution is 0.171. The van der Waals surface area contributed by atoms with Gasteiger partial charge in [0.15, 0.2) is 11.5 Å². The summed E-state index contributed by atoms with van der Waals surface area (Å²) >= 11 is 0. The minimum atomic E-state index is -0.00734. The van der Waals surface area contributed by atoms with Gasteiger partial charge >= 0.3 is 0 Å². The molecule has 0 aliphatic carbocycles. The summed E-state index contributed by atoms with van der Waals surface area (Å²) in [6, 6.07) is 8.24. The normalized spacial score (nSPS) is 18.1. The number of ether oxygens (including phenoxy) is 2. The molecule has 1 aromatic carbocycles. The second-order valence-electron chi connectivity index (χ2n) is 6.63. The Morgan fingerprint density at radius 1 is 1.22 bits per heavy atom. The van der Waals surface area contributed by atoms with Crippen molar-refractivity contribution in [3.8, 4) is 11.5 Å². The van der Waals surface area contributed by atoms with E-state index in [0.29, 0.717) is 13.2 Å². The molecular weight excluding hydrogens is 290 g/mol. The van der Waals surface area contributed by atoms with Crippen molar-refractivity contribution >= 4 is 11.4 Å². The highest BCUT2D eigenvalue weighted by Crippen LogP contribution is 2.44. The molecule has 0 bridgehead atoms. The third kappa shape index (κ3) is 2.56. The molecule has 5 heteroatoms. The van der Waals surface area contributed by atoms with Crippen molar-refractivity contribution in [2.45, 2.75) is 25.9 Å². The lowest BCUT2D eigenvalue weighted by atomic mass is 9.96. The lowest BCUT2D eigenvalue weighted by Crippen LogP contribution is -2.51. The van der Waals surface area contributed by atoms with E-state index in [9.17, 15) is 0 Å². The monoisotopic (exact) mass is 311 g/mol. The molecule has 0 saturated heterocycles. The molecule has 0 radical (unpaired) electrons. The van der Waals surface area contributed by atoms with E-state index < -0.39 is 0 Å². The van der Waals surface area contributed by atoms with Gasteiger partial charge in [-0.2, -0.15) is 0 Å². The minimum absolute atomic E-state index is 0.00734. The first-order valence-corrected chi connectivity index (χ1v) is 7.97. The Kier molecular flexibility index (Phi) is 3.29. The van der Waals surface area contributed by atoms with E-state index in [2.05, 4.69) is 47.2 Å². The molecule has 2 aliphatic heterocycles. The number of anilines is 2. The van der Waals surface area contributed by atoms with Crippen LogP contribution in [-0.4, -0.2) is 30.3 Å². The van der Waals surface area contributed by atoms with E-state index in [-0.39, 0.29) is 5.54 Å². The predicted molar refractivity (Wildman–Crippen MR) is 90.4 cm³/mol. The van der Waals surface area contributed by atoms with Crippen molar-refractivity contribution < 1.29 is 9.47 Å². The highest BCUT2D eigenvalue weighted by molar-refractivity contribution is 5.78. The number of benzene rings is 1. The second kappa shape index (κ2) is 5.33. The molecule has 1 N–H and O–H groups in total. The average Bonchev–Trinajstić information content (AvgIpc) is 2.57. The number of pyridine rings is 1. The first-order valence-electron chi connectivity index (χ1n) is 7.97. The van der Waals surface area contributed by atoms with E-state index in [0.717, 1.165) is 36.0 Å². The third-order valence-corrected chi connectivity index (χ3v) is 4.46. The fraction of sp³-hybridized carbons (Fsp3) is 0.389. The summed E-state index contributed by atoms with van der Waals surface area (Å²) in [6.45, 7) is 7.39. The van der Waals surface area contributed by atoms with Gasteiger partial charge in [0.25, 0.3) is 0 Å². The summed E-state index contributed by atoms with van der Waals surface area (Å²) in [5.74, 6) is 1.65. The van der Waals surface area contributed by atoms with Crippen molar-refractivity contribution in [2.24, 2.45) is 0 Å². The molecule has 2 aliphatic rings. The van der Waals surface area contributed by atoms with Gasteiger partial charge in [0.05, 0.1) is 16.9 Å². The van der Waals surface area contributed by atoms with Crippen molar-refractivity contribution in [1.82, 2.24) is 4.98 Å². The molecule has 120 valence electrons. The van der Waals surface area contributed by atoms with Crippen LogP contribution in [0.2, 0.25) is 0 Å². The van der Waals surface area contributed by atoms with E-state index in [1.165, 1.54) is 5.56 Å². The standard InChI is InChI=1S/C18H21N3O2/c1-18(2)12-20-14-8-16-17(23-7-6-22-16)9-15(14)21(18)11-13-4-3-5-19-10-13/h3-5,8-10,20H,6-7,11-12H2,1-2H3. The molecule has 1 aromatic heterocycles. The Morgan fingerprint density at radius 2 is 2.00 bits per heavy atom. The van der Waals surface area contributed by atoms with Crippen LogP contribution in [0.15, 0.2) is 36.7 Å². The molecule has 5 nitrogen and oxygen atoms in total.